The molecule has 0 aliphatic carbocycles. The van der Waals surface area contributed by atoms with E-state index in [1.54, 1.807) is 34.8 Å². The van der Waals surface area contributed by atoms with E-state index in [-0.39, 0.29) is 33.7 Å². The maximum absolute atomic E-state index is 15.2. The van der Waals surface area contributed by atoms with Gasteiger partial charge in [-0.05, 0) is 30.9 Å². The van der Waals surface area contributed by atoms with Gasteiger partial charge in [-0.2, -0.15) is 0 Å². The molecule has 0 unspecified atom stereocenters. The number of aromatic nitrogens is 6. The third-order valence-corrected chi connectivity index (χ3v) is 6.87. The van der Waals surface area contributed by atoms with Crippen molar-refractivity contribution in [2.24, 2.45) is 7.05 Å². The van der Waals surface area contributed by atoms with Crippen LogP contribution >= 0.6 is 11.6 Å². The number of hydrogen-bond acceptors (Lipinski definition) is 5. The molecule has 5 heterocycles. The number of rotatable bonds is 2. The number of halogens is 2. The number of benzene rings is 1. The van der Waals surface area contributed by atoms with E-state index < -0.39 is 5.82 Å². The quantitative estimate of drug-likeness (QED) is 0.459. The summed E-state index contributed by atoms with van der Waals surface area (Å²) in [6, 6.07) is 4.20. The summed E-state index contributed by atoms with van der Waals surface area (Å²) in [6.45, 7) is 0.356. The van der Waals surface area contributed by atoms with Crippen LogP contribution in [-0.4, -0.2) is 42.0 Å². The molecule has 2 aliphatic heterocycles. The Morgan fingerprint density at radius 3 is 2.82 bits per heavy atom. The normalized spacial score (nSPS) is 16.9. The standard InChI is InChI=1S/C23H19ClFN7O2/c1-31-17(10-28-30-31)14-9-27-22(29-14)16-5-4-15-20-12(8-18(33)32(15)16)19-11(6-7-26-23(20)34)2-3-13(24)21(19)25/h2-3,8-10,16H,4-7H2,1H3,(H,26,34)(H,27,29)/t16-/m0/s1. The minimum atomic E-state index is -0.616. The molecule has 1 aromatic carbocycles. The Morgan fingerprint density at radius 1 is 1.18 bits per heavy atom. The monoisotopic (exact) mass is 479 g/mol. The summed E-state index contributed by atoms with van der Waals surface area (Å²) in [6.07, 6.45) is 4.77. The van der Waals surface area contributed by atoms with Gasteiger partial charge in [-0.3, -0.25) is 9.59 Å². The smallest absolute Gasteiger partial charge is 0.253 e. The van der Waals surface area contributed by atoms with Crippen LogP contribution in [0.5, 0.6) is 0 Å². The molecule has 1 amide bonds. The van der Waals surface area contributed by atoms with Crippen LogP contribution in [0.2, 0.25) is 5.02 Å². The molecule has 0 radical (unpaired) electrons. The van der Waals surface area contributed by atoms with Crippen molar-refractivity contribution in [3.05, 3.63) is 74.4 Å². The lowest BCUT2D eigenvalue weighted by Crippen LogP contribution is -2.33. The van der Waals surface area contributed by atoms with Crippen LogP contribution in [0.15, 0.2) is 35.4 Å². The van der Waals surface area contributed by atoms with Gasteiger partial charge in [0.1, 0.15) is 17.3 Å². The average molecular weight is 480 g/mol. The molecule has 0 saturated carbocycles. The summed E-state index contributed by atoms with van der Waals surface area (Å²) in [5, 5.41) is 10.7. The van der Waals surface area contributed by atoms with Gasteiger partial charge in [-0.25, -0.2) is 14.1 Å². The van der Waals surface area contributed by atoms with Crippen molar-refractivity contribution in [1.29, 1.82) is 0 Å². The van der Waals surface area contributed by atoms with E-state index in [0.717, 1.165) is 11.4 Å². The number of aryl methyl sites for hydroxylation is 1. The van der Waals surface area contributed by atoms with E-state index in [2.05, 4.69) is 25.6 Å². The first-order valence-electron chi connectivity index (χ1n) is 10.9. The lowest BCUT2D eigenvalue weighted by molar-refractivity contribution is 0.0952. The van der Waals surface area contributed by atoms with Crippen LogP contribution in [0, 0.1) is 5.82 Å². The molecule has 34 heavy (non-hydrogen) atoms. The fourth-order valence-electron chi connectivity index (χ4n) is 5.03. The molecule has 6 rings (SSSR count). The minimum Gasteiger partial charge on any atom is -0.352 e. The van der Waals surface area contributed by atoms with Crippen molar-refractivity contribution in [3.8, 4) is 22.5 Å². The summed E-state index contributed by atoms with van der Waals surface area (Å²) in [5.41, 5.74) is 3.24. The zero-order valence-electron chi connectivity index (χ0n) is 18.1. The average Bonchev–Trinajstić information content (AvgIpc) is 3.54. The van der Waals surface area contributed by atoms with Gasteiger partial charge in [-0.15, -0.1) is 5.10 Å². The molecular formula is C23H19ClFN7O2. The molecule has 3 aromatic heterocycles. The van der Waals surface area contributed by atoms with E-state index in [1.165, 1.54) is 12.1 Å². The molecule has 9 nitrogen and oxygen atoms in total. The molecule has 1 atom stereocenters. The van der Waals surface area contributed by atoms with Crippen molar-refractivity contribution in [3.63, 3.8) is 0 Å². The fourth-order valence-corrected chi connectivity index (χ4v) is 5.19. The van der Waals surface area contributed by atoms with Gasteiger partial charge in [0.2, 0.25) is 0 Å². The number of amides is 1. The summed E-state index contributed by atoms with van der Waals surface area (Å²) >= 11 is 6.08. The Kier molecular flexibility index (Phi) is 4.66. The zero-order chi connectivity index (χ0) is 23.6. The number of nitrogens with zero attached hydrogens (tertiary/aromatic N) is 5. The Bertz CT molecular complexity index is 1540. The van der Waals surface area contributed by atoms with Crippen LogP contribution < -0.4 is 10.9 Å². The number of H-pyrrole nitrogens is 1. The number of hydrogen-bond donors (Lipinski definition) is 2. The molecule has 172 valence electrons. The minimum absolute atomic E-state index is 0.0445. The summed E-state index contributed by atoms with van der Waals surface area (Å²) < 4.78 is 18.4. The van der Waals surface area contributed by atoms with Gasteiger partial charge in [0.05, 0.1) is 34.7 Å². The highest BCUT2D eigenvalue weighted by molar-refractivity contribution is 6.31. The molecular weight excluding hydrogens is 461 g/mol. The molecule has 0 saturated heterocycles. The summed E-state index contributed by atoms with van der Waals surface area (Å²) in [5.74, 6) is -0.349. The molecule has 4 aromatic rings. The van der Waals surface area contributed by atoms with Crippen molar-refractivity contribution in [2.75, 3.05) is 6.54 Å². The van der Waals surface area contributed by atoms with E-state index in [1.807, 2.05) is 0 Å². The second-order valence-corrected chi connectivity index (χ2v) is 8.88. The van der Waals surface area contributed by atoms with E-state index in [9.17, 15) is 9.59 Å². The highest BCUT2D eigenvalue weighted by Gasteiger charge is 2.34. The topological polar surface area (TPSA) is 110 Å². The first-order valence-corrected chi connectivity index (χ1v) is 11.3. The van der Waals surface area contributed by atoms with Gasteiger partial charge in [-0.1, -0.05) is 22.9 Å². The van der Waals surface area contributed by atoms with Crippen LogP contribution in [-0.2, 0) is 19.9 Å². The van der Waals surface area contributed by atoms with Crippen LogP contribution in [0.4, 0.5) is 4.39 Å². The SMILES string of the molecule is Cn1nncc1-c1cnc([C@@H]2CCc3c4c(cc(=O)n32)-c2c(ccc(Cl)c2F)CCNC4=O)[nH]1. The first kappa shape index (κ1) is 20.8. The van der Waals surface area contributed by atoms with Crippen LogP contribution in [0.1, 0.15) is 39.9 Å². The van der Waals surface area contributed by atoms with Crippen LogP contribution in [0.25, 0.3) is 22.5 Å². The maximum atomic E-state index is 15.2. The Balaban J connectivity index is 1.53. The Morgan fingerprint density at radius 2 is 2.03 bits per heavy atom. The lowest BCUT2D eigenvalue weighted by atomic mass is 9.90. The van der Waals surface area contributed by atoms with E-state index in [0.29, 0.717) is 48.5 Å². The van der Waals surface area contributed by atoms with Gasteiger partial charge in [0, 0.05) is 36.5 Å². The molecule has 0 spiro atoms. The number of carbonyl (C=O) groups excluding carboxylic acids is 1. The van der Waals surface area contributed by atoms with Crippen molar-refractivity contribution in [2.45, 2.75) is 25.3 Å². The number of nitrogens with one attached hydrogen (secondary N) is 2. The van der Waals surface area contributed by atoms with Gasteiger partial charge in [0.15, 0.2) is 0 Å². The summed E-state index contributed by atoms with van der Waals surface area (Å²) in [4.78, 5) is 34.3. The second kappa shape index (κ2) is 7.63. The van der Waals surface area contributed by atoms with Crippen LogP contribution in [0.3, 0.4) is 0 Å². The Hall–Kier alpha value is -3.79. The highest BCUT2D eigenvalue weighted by Crippen LogP contribution is 2.39. The third-order valence-electron chi connectivity index (χ3n) is 6.58. The maximum Gasteiger partial charge on any atom is 0.253 e. The predicted octanol–water partition coefficient (Wildman–Crippen LogP) is 2.65. The van der Waals surface area contributed by atoms with E-state index in [4.69, 9.17) is 11.6 Å². The molecule has 0 fully saturated rings. The number of fused-ring (bicyclic) bond motifs is 5. The number of carbonyl (C=O) groups is 1. The second-order valence-electron chi connectivity index (χ2n) is 8.47. The first-order chi connectivity index (χ1) is 16.4. The van der Waals surface area contributed by atoms with Crippen molar-refractivity contribution < 1.29 is 9.18 Å². The van der Waals surface area contributed by atoms with Gasteiger partial charge in [0.25, 0.3) is 11.5 Å². The van der Waals surface area contributed by atoms with Crippen molar-refractivity contribution >= 4 is 17.5 Å². The highest BCUT2D eigenvalue weighted by atomic mass is 35.5. The Labute approximate surface area is 197 Å². The van der Waals surface area contributed by atoms with Gasteiger partial charge < -0.3 is 14.9 Å². The largest absolute Gasteiger partial charge is 0.352 e. The number of imidazole rings is 1. The number of aromatic amines is 1. The zero-order valence-corrected chi connectivity index (χ0v) is 18.9. The molecule has 2 N–H and O–H groups in total. The number of pyridine rings is 1. The predicted molar refractivity (Wildman–Crippen MR) is 122 cm³/mol. The molecule has 0 bridgehead atoms. The summed E-state index contributed by atoms with van der Waals surface area (Å²) in [7, 11) is 1.78. The van der Waals surface area contributed by atoms with Gasteiger partial charge >= 0.3 is 0 Å². The molecule has 2 aliphatic rings. The van der Waals surface area contributed by atoms with Crippen molar-refractivity contribution in [1.82, 2.24) is 34.8 Å². The fraction of sp³-hybridized carbons (Fsp3) is 0.261. The lowest BCUT2D eigenvalue weighted by Gasteiger charge is -2.22. The van der Waals surface area contributed by atoms with E-state index >= 15 is 4.39 Å². The third kappa shape index (κ3) is 3.02. The molecule has 11 heteroatoms.